The third-order valence-electron chi connectivity index (χ3n) is 2.89. The molecule has 12 nitrogen and oxygen atoms in total. The zero-order valence-corrected chi connectivity index (χ0v) is 17.2. The summed E-state index contributed by atoms with van der Waals surface area (Å²) in [5.41, 5.74) is -0.481. The molecule has 0 spiro atoms. The summed E-state index contributed by atoms with van der Waals surface area (Å²) in [5.74, 6) is -2.42. The number of carbonyl (C=O) groups excluding carboxylic acids is 2. The maximum absolute atomic E-state index is 10.7. The summed E-state index contributed by atoms with van der Waals surface area (Å²) in [6, 6.07) is 8.63. The van der Waals surface area contributed by atoms with E-state index in [-0.39, 0.29) is 34.2 Å². The molecular weight excluding hydrogens is 449 g/mol. The first-order chi connectivity index (χ1) is 12.9. The van der Waals surface area contributed by atoms with Gasteiger partial charge in [0.05, 0.1) is 20.9 Å². The van der Waals surface area contributed by atoms with Gasteiger partial charge in [-0.2, -0.15) is 16.8 Å². The van der Waals surface area contributed by atoms with Crippen LogP contribution in [-0.4, -0.2) is 60.9 Å². The van der Waals surface area contributed by atoms with Gasteiger partial charge < -0.3 is 20.3 Å². The maximum atomic E-state index is 10.7. The minimum atomic E-state index is -4.38. The molecule has 2 aromatic carbocycles. The Morgan fingerprint density at radius 1 is 0.724 bits per heavy atom. The predicted molar refractivity (Wildman–Crippen MR) is 89.1 cm³/mol. The smallest absolute Gasteiger partial charge is 0.661 e. The topological polar surface area (TPSA) is 207 Å². The van der Waals surface area contributed by atoms with Gasteiger partial charge in [-0.05, 0) is 36.4 Å². The van der Waals surface area contributed by atoms with Gasteiger partial charge >= 0.3 is 35.0 Å². The van der Waals surface area contributed by atoms with Crippen LogP contribution in [-0.2, 0) is 30.0 Å². The van der Waals surface area contributed by atoms with Crippen molar-refractivity contribution in [3.05, 3.63) is 59.7 Å². The zero-order valence-electron chi connectivity index (χ0n) is 14.1. The van der Waals surface area contributed by atoms with Crippen LogP contribution in [0.15, 0.2) is 58.3 Å². The first kappa shape index (κ1) is 26.9. The Balaban J connectivity index is 0.000000523. The Bertz CT molecular complexity index is 992. The van der Waals surface area contributed by atoms with Crippen LogP contribution in [0.5, 0.6) is 0 Å². The molecule has 0 saturated heterocycles. The number of rotatable bonds is 4. The van der Waals surface area contributed by atoms with Gasteiger partial charge in [-0.3, -0.25) is 9.11 Å². The fraction of sp³-hybridized carbons (Fsp3) is 0. The molecule has 0 aliphatic heterocycles. The second kappa shape index (κ2) is 11.2. The van der Waals surface area contributed by atoms with Gasteiger partial charge in [0.1, 0.15) is 0 Å². The van der Waals surface area contributed by atoms with E-state index in [4.69, 9.17) is 9.11 Å². The summed E-state index contributed by atoms with van der Waals surface area (Å²) in [4.78, 5) is 26.7. The molecule has 0 atom stereocenters. The summed E-state index contributed by atoms with van der Waals surface area (Å²) in [6.45, 7) is 0. The average molecular weight is 459 g/mol. The molecule has 0 amide bonds. The van der Waals surface area contributed by atoms with Crippen LogP contribution in [0.25, 0.3) is 0 Å². The Morgan fingerprint density at radius 3 is 1.28 bits per heavy atom. The third-order valence-corrected chi connectivity index (χ3v) is 4.59. The van der Waals surface area contributed by atoms with E-state index in [2.05, 4.69) is 9.78 Å². The number of hydrogen-bond acceptors (Lipinski definition) is 10. The summed E-state index contributed by atoms with van der Waals surface area (Å²) < 4.78 is 59.7. The van der Waals surface area contributed by atoms with Crippen molar-refractivity contribution in [2.45, 2.75) is 9.79 Å². The fourth-order valence-electron chi connectivity index (χ4n) is 1.66. The van der Waals surface area contributed by atoms with Crippen LogP contribution in [0, 0.1) is 0 Å². The van der Waals surface area contributed by atoms with E-state index in [9.17, 15) is 36.9 Å². The Kier molecular flexibility index (Phi) is 10.4. The molecule has 0 fully saturated rings. The third kappa shape index (κ3) is 8.42. The van der Waals surface area contributed by atoms with Crippen molar-refractivity contribution < 1.29 is 55.8 Å². The van der Waals surface area contributed by atoms with Gasteiger partial charge in [-0.25, -0.2) is 9.59 Å². The molecular formula is C14H10MgO12S2. The van der Waals surface area contributed by atoms with Crippen molar-refractivity contribution in [2.24, 2.45) is 0 Å². The quantitative estimate of drug-likeness (QED) is 0.228. The van der Waals surface area contributed by atoms with Crippen LogP contribution in [0.4, 0.5) is 0 Å². The minimum absolute atomic E-state index is 0. The summed E-state index contributed by atoms with van der Waals surface area (Å²) in [6.07, 6.45) is 0. The predicted octanol–water partition coefficient (Wildman–Crippen LogP) is -1.65. The van der Waals surface area contributed by atoms with E-state index in [1.165, 1.54) is 24.3 Å². The zero-order chi connectivity index (χ0) is 21.5. The van der Waals surface area contributed by atoms with Gasteiger partial charge in [0, 0.05) is 0 Å². The van der Waals surface area contributed by atoms with Gasteiger partial charge in [-0.1, -0.05) is 12.1 Å². The molecule has 0 unspecified atom stereocenters. The molecule has 0 saturated carbocycles. The first-order valence-corrected chi connectivity index (χ1v) is 9.61. The molecule has 0 aliphatic carbocycles. The van der Waals surface area contributed by atoms with Gasteiger partial charge in [-0.15, -0.1) is 0 Å². The Morgan fingerprint density at radius 2 is 1.03 bits per heavy atom. The standard InChI is InChI=1S/2C7H6O6S.Mg/c2*8-7(13-9)5-2-1-3-6(4-5)14(10,11)12;/h2*1-4,9H,(H,10,11,12);/q;;+2/p-2. The second-order valence-electron chi connectivity index (χ2n) is 4.75. The van der Waals surface area contributed by atoms with Gasteiger partial charge in [0.15, 0.2) is 0 Å². The van der Waals surface area contributed by atoms with E-state index >= 15 is 0 Å². The minimum Gasteiger partial charge on any atom is -0.661 e. The van der Waals surface area contributed by atoms with Crippen LogP contribution < -0.4 is 10.5 Å². The van der Waals surface area contributed by atoms with Crippen molar-refractivity contribution in [3.63, 3.8) is 0 Å². The summed E-state index contributed by atoms with van der Waals surface area (Å²) in [7, 11) is -8.75. The van der Waals surface area contributed by atoms with Crippen LogP contribution in [0.1, 0.15) is 20.7 Å². The van der Waals surface area contributed by atoms with Crippen LogP contribution in [0.2, 0.25) is 0 Å². The molecule has 2 N–H and O–H groups in total. The largest absolute Gasteiger partial charge is 2.00 e. The normalized spacial score (nSPS) is 10.6. The molecule has 2 rings (SSSR count). The molecule has 0 aliphatic rings. The first-order valence-electron chi connectivity index (χ1n) is 6.73. The van der Waals surface area contributed by atoms with Gasteiger partial charge in [0.25, 0.3) is 20.2 Å². The second-order valence-corrected chi connectivity index (χ2v) is 7.59. The summed E-state index contributed by atoms with van der Waals surface area (Å²) >= 11 is 0. The number of carbonyl (C=O) groups is 2. The summed E-state index contributed by atoms with van der Waals surface area (Å²) in [5, 5.41) is 19.5. The molecule has 29 heavy (non-hydrogen) atoms. The SMILES string of the molecule is O=C(O[O-])c1cccc(S(=O)(=O)O)c1.O=C(O[O-])c1cccc(S(=O)(=O)O)c1.[Mg+2]. The average Bonchev–Trinajstić information content (AvgIpc) is 2.66. The van der Waals surface area contributed by atoms with Crippen molar-refractivity contribution >= 4 is 55.2 Å². The van der Waals surface area contributed by atoms with E-state index in [0.29, 0.717) is 0 Å². The van der Waals surface area contributed by atoms with E-state index in [0.717, 1.165) is 24.3 Å². The molecule has 0 aromatic heterocycles. The van der Waals surface area contributed by atoms with Crippen molar-refractivity contribution in [2.75, 3.05) is 0 Å². The van der Waals surface area contributed by atoms with E-state index in [1.54, 1.807) is 0 Å². The molecule has 0 heterocycles. The van der Waals surface area contributed by atoms with Crippen molar-refractivity contribution in [3.8, 4) is 0 Å². The Hall–Kier alpha value is -2.11. The monoisotopic (exact) mass is 458 g/mol. The molecule has 152 valence electrons. The fourth-order valence-corrected chi connectivity index (χ4v) is 2.72. The molecule has 0 radical (unpaired) electrons. The van der Waals surface area contributed by atoms with Crippen molar-refractivity contribution in [1.29, 1.82) is 0 Å². The Labute approximate surface area is 180 Å². The number of benzene rings is 2. The molecule has 0 bridgehead atoms. The van der Waals surface area contributed by atoms with E-state index in [1.807, 2.05) is 0 Å². The molecule has 15 heteroatoms. The van der Waals surface area contributed by atoms with Gasteiger partial charge in [0.2, 0.25) is 0 Å². The molecule has 2 aromatic rings. The maximum Gasteiger partial charge on any atom is 2.00 e. The number of hydrogen-bond donors (Lipinski definition) is 2. The van der Waals surface area contributed by atoms with Crippen LogP contribution >= 0.6 is 0 Å². The van der Waals surface area contributed by atoms with Crippen molar-refractivity contribution in [1.82, 2.24) is 0 Å². The van der Waals surface area contributed by atoms with Crippen LogP contribution in [0.3, 0.4) is 0 Å². The van der Waals surface area contributed by atoms with E-state index < -0.39 is 42.0 Å².